The molecule has 2 heterocycles. The van der Waals surface area contributed by atoms with Gasteiger partial charge in [-0.3, -0.25) is 9.59 Å². The highest BCUT2D eigenvalue weighted by atomic mass is 16.5. The Labute approximate surface area is 131 Å². The zero-order chi connectivity index (χ0) is 16.1. The summed E-state index contributed by atoms with van der Waals surface area (Å²) in [5.74, 6) is -1.62. The van der Waals surface area contributed by atoms with Crippen molar-refractivity contribution in [2.45, 2.75) is 71.1 Å². The van der Waals surface area contributed by atoms with Gasteiger partial charge in [-0.15, -0.1) is 0 Å². The van der Waals surface area contributed by atoms with Crippen LogP contribution < -0.4 is 5.32 Å². The third-order valence-corrected chi connectivity index (χ3v) is 5.59. The highest BCUT2D eigenvalue weighted by Crippen LogP contribution is 2.44. The number of amides is 1. The largest absolute Gasteiger partial charge is 0.481 e. The van der Waals surface area contributed by atoms with Gasteiger partial charge in [0.2, 0.25) is 5.91 Å². The smallest absolute Gasteiger partial charge is 0.310 e. The maximum absolute atomic E-state index is 12.7. The molecule has 124 valence electrons. The molecule has 6 atom stereocenters. The Bertz CT molecular complexity index is 475. The molecule has 2 aliphatic heterocycles. The van der Waals surface area contributed by atoms with Gasteiger partial charge in [0.1, 0.15) is 0 Å². The van der Waals surface area contributed by atoms with E-state index in [0.29, 0.717) is 5.92 Å². The van der Waals surface area contributed by atoms with Gasteiger partial charge in [0.25, 0.3) is 0 Å². The minimum absolute atomic E-state index is 0.116. The average molecular weight is 309 g/mol. The maximum Gasteiger partial charge on any atom is 0.310 e. The van der Waals surface area contributed by atoms with Crippen molar-refractivity contribution >= 4 is 11.9 Å². The van der Waals surface area contributed by atoms with E-state index < -0.39 is 17.8 Å². The van der Waals surface area contributed by atoms with Crippen LogP contribution in [0.4, 0.5) is 0 Å². The van der Waals surface area contributed by atoms with E-state index in [-0.39, 0.29) is 29.6 Å². The van der Waals surface area contributed by atoms with Crippen LogP contribution >= 0.6 is 0 Å². The number of carboxylic acid groups (broad SMARTS) is 1. The molecular weight excluding hydrogens is 282 g/mol. The summed E-state index contributed by atoms with van der Waals surface area (Å²) in [6, 6.07) is 0.153. The fraction of sp³-hybridized carbons (Fsp3) is 0.882. The number of fused-ring (bicyclic) bond motifs is 2. The summed E-state index contributed by atoms with van der Waals surface area (Å²) >= 11 is 0. The molecule has 1 aliphatic carbocycles. The van der Waals surface area contributed by atoms with Crippen molar-refractivity contribution in [3.8, 4) is 0 Å². The summed E-state index contributed by atoms with van der Waals surface area (Å²) in [7, 11) is 0. The molecule has 0 aromatic heterocycles. The third kappa shape index (κ3) is 2.87. The van der Waals surface area contributed by atoms with Crippen LogP contribution in [-0.4, -0.2) is 35.2 Å². The Kier molecular flexibility index (Phi) is 3.96. The summed E-state index contributed by atoms with van der Waals surface area (Å²) in [5.41, 5.74) is 0.229. The molecular formula is C17H27NO4. The van der Waals surface area contributed by atoms with E-state index in [1.807, 2.05) is 0 Å². The molecule has 0 aromatic rings. The lowest BCUT2D eigenvalue weighted by molar-refractivity contribution is -0.148. The molecule has 0 spiro atoms. The first kappa shape index (κ1) is 15.8. The molecule has 2 bridgehead atoms. The molecule has 0 radical (unpaired) electrons. The molecule has 0 aromatic carbocycles. The van der Waals surface area contributed by atoms with Crippen molar-refractivity contribution in [3.05, 3.63) is 0 Å². The summed E-state index contributed by atoms with van der Waals surface area (Å²) in [6.07, 6.45) is 4.20. The topological polar surface area (TPSA) is 75.6 Å². The second-order valence-corrected chi connectivity index (χ2v) is 8.30. The number of hydrogen-bond donors (Lipinski definition) is 2. The summed E-state index contributed by atoms with van der Waals surface area (Å²) in [4.78, 5) is 24.2. The van der Waals surface area contributed by atoms with Crippen LogP contribution in [-0.2, 0) is 14.3 Å². The number of aliphatic carboxylic acids is 1. The van der Waals surface area contributed by atoms with E-state index >= 15 is 0 Å². The number of hydrogen-bond acceptors (Lipinski definition) is 3. The van der Waals surface area contributed by atoms with Gasteiger partial charge in [0, 0.05) is 6.04 Å². The maximum atomic E-state index is 12.7. The lowest BCUT2D eigenvalue weighted by Gasteiger charge is -2.40. The standard InChI is InChI=1S/C17H27NO4/c1-9-6-10(8-17(2,3)7-9)18-15(19)13-11-4-5-12(22-11)14(13)16(20)21/h9-14H,4-8H2,1-3H3,(H,18,19)(H,20,21)/t9-,10+,11+,12+,13-,14+/m1/s1. The minimum Gasteiger partial charge on any atom is -0.481 e. The SMILES string of the molecule is C[C@@H]1C[C@H](NC(=O)[C@H]2[C@@H](C(=O)O)[C@@H]3CC[C@@H]2O3)CC(C)(C)C1. The van der Waals surface area contributed by atoms with Gasteiger partial charge in [0.05, 0.1) is 24.0 Å². The Balaban J connectivity index is 1.68. The van der Waals surface area contributed by atoms with Crippen molar-refractivity contribution in [1.29, 1.82) is 0 Å². The summed E-state index contributed by atoms with van der Waals surface area (Å²) in [5, 5.41) is 12.6. The normalized spacial score (nSPS) is 43.0. The lowest BCUT2D eigenvalue weighted by atomic mass is 9.70. The van der Waals surface area contributed by atoms with E-state index in [1.165, 1.54) is 6.42 Å². The first-order valence-electron chi connectivity index (χ1n) is 8.45. The number of nitrogens with one attached hydrogen (secondary N) is 1. The lowest BCUT2D eigenvalue weighted by Crippen LogP contribution is -2.49. The van der Waals surface area contributed by atoms with Gasteiger partial charge in [-0.25, -0.2) is 0 Å². The molecule has 5 nitrogen and oxygen atoms in total. The van der Waals surface area contributed by atoms with E-state index in [1.54, 1.807) is 0 Å². The van der Waals surface area contributed by atoms with E-state index in [0.717, 1.165) is 25.7 Å². The molecule has 0 unspecified atom stereocenters. The molecule has 1 saturated carbocycles. The quantitative estimate of drug-likeness (QED) is 0.838. The average Bonchev–Trinajstić information content (AvgIpc) is 2.95. The Morgan fingerprint density at radius 2 is 1.77 bits per heavy atom. The van der Waals surface area contributed by atoms with Gasteiger partial charge in [-0.05, 0) is 43.4 Å². The third-order valence-electron chi connectivity index (χ3n) is 5.59. The molecule has 3 fully saturated rings. The predicted molar refractivity (Wildman–Crippen MR) is 81.2 cm³/mol. The monoisotopic (exact) mass is 309 g/mol. The zero-order valence-electron chi connectivity index (χ0n) is 13.7. The fourth-order valence-electron chi connectivity index (χ4n) is 5.08. The molecule has 3 rings (SSSR count). The van der Waals surface area contributed by atoms with Crippen LogP contribution in [0.25, 0.3) is 0 Å². The summed E-state index contributed by atoms with van der Waals surface area (Å²) < 4.78 is 5.69. The second-order valence-electron chi connectivity index (χ2n) is 8.30. The summed E-state index contributed by atoms with van der Waals surface area (Å²) in [6.45, 7) is 6.70. The second kappa shape index (κ2) is 5.52. The van der Waals surface area contributed by atoms with Crippen LogP contribution in [0.2, 0.25) is 0 Å². The van der Waals surface area contributed by atoms with Crippen LogP contribution in [0.3, 0.4) is 0 Å². The van der Waals surface area contributed by atoms with E-state index in [4.69, 9.17) is 4.74 Å². The number of carbonyl (C=O) groups is 2. The number of rotatable bonds is 3. The molecule has 22 heavy (non-hydrogen) atoms. The van der Waals surface area contributed by atoms with Crippen molar-refractivity contribution in [2.75, 3.05) is 0 Å². The van der Waals surface area contributed by atoms with Gasteiger partial charge >= 0.3 is 5.97 Å². The molecule has 5 heteroatoms. The first-order valence-corrected chi connectivity index (χ1v) is 8.45. The number of ether oxygens (including phenoxy) is 1. The van der Waals surface area contributed by atoms with Crippen molar-refractivity contribution < 1.29 is 19.4 Å². The molecule has 2 saturated heterocycles. The van der Waals surface area contributed by atoms with Gasteiger partial charge < -0.3 is 15.2 Å². The molecule has 3 aliphatic rings. The van der Waals surface area contributed by atoms with Crippen LogP contribution in [0.1, 0.15) is 52.9 Å². The van der Waals surface area contributed by atoms with Crippen molar-refractivity contribution in [3.63, 3.8) is 0 Å². The van der Waals surface area contributed by atoms with E-state index in [9.17, 15) is 14.7 Å². The van der Waals surface area contributed by atoms with Gasteiger partial charge in [0.15, 0.2) is 0 Å². The minimum atomic E-state index is -0.898. The van der Waals surface area contributed by atoms with Crippen molar-refractivity contribution in [2.24, 2.45) is 23.2 Å². The van der Waals surface area contributed by atoms with Crippen LogP contribution in [0.5, 0.6) is 0 Å². The van der Waals surface area contributed by atoms with E-state index in [2.05, 4.69) is 26.1 Å². The van der Waals surface area contributed by atoms with Crippen LogP contribution in [0.15, 0.2) is 0 Å². The fourth-order valence-corrected chi connectivity index (χ4v) is 5.08. The number of carboxylic acids is 1. The van der Waals surface area contributed by atoms with Gasteiger partial charge in [-0.2, -0.15) is 0 Å². The molecule has 1 amide bonds. The van der Waals surface area contributed by atoms with Gasteiger partial charge in [-0.1, -0.05) is 20.8 Å². The Morgan fingerprint density at radius 3 is 2.36 bits per heavy atom. The van der Waals surface area contributed by atoms with Crippen LogP contribution in [0, 0.1) is 23.2 Å². The number of carbonyl (C=O) groups excluding carboxylic acids is 1. The highest BCUT2D eigenvalue weighted by molar-refractivity contribution is 5.86. The first-order chi connectivity index (χ1) is 10.3. The predicted octanol–water partition coefficient (Wildman–Crippen LogP) is 2.20. The zero-order valence-corrected chi connectivity index (χ0v) is 13.7. The molecule has 2 N–H and O–H groups in total. The highest BCUT2D eigenvalue weighted by Gasteiger charge is 2.55. The Hall–Kier alpha value is -1.10. The Morgan fingerprint density at radius 1 is 1.14 bits per heavy atom. The van der Waals surface area contributed by atoms with Crippen molar-refractivity contribution in [1.82, 2.24) is 5.32 Å².